The molecule has 0 aliphatic rings. The van der Waals surface area contributed by atoms with E-state index in [9.17, 15) is 4.79 Å². The van der Waals surface area contributed by atoms with Gasteiger partial charge in [-0.1, -0.05) is 20.8 Å². The van der Waals surface area contributed by atoms with Gasteiger partial charge >= 0.3 is 0 Å². The lowest BCUT2D eigenvalue weighted by Gasteiger charge is -2.25. The Balaban J connectivity index is 2.51. The molecule has 20 heavy (non-hydrogen) atoms. The van der Waals surface area contributed by atoms with Crippen molar-refractivity contribution in [1.82, 2.24) is 5.32 Å². The van der Waals surface area contributed by atoms with E-state index in [0.717, 1.165) is 12.8 Å². The van der Waals surface area contributed by atoms with E-state index in [0.29, 0.717) is 6.54 Å². The van der Waals surface area contributed by atoms with Crippen LogP contribution in [0.3, 0.4) is 0 Å². The Labute approximate surface area is 127 Å². The molecule has 2 atom stereocenters. The first kappa shape index (κ1) is 17.2. The maximum absolute atomic E-state index is 12.3. The monoisotopic (exact) mass is 296 g/mol. The highest BCUT2D eigenvalue weighted by Crippen LogP contribution is 2.24. The molecular formula is C16H28N2OS. The average molecular weight is 296 g/mol. The van der Waals surface area contributed by atoms with Gasteiger partial charge in [-0.15, -0.1) is 11.3 Å². The van der Waals surface area contributed by atoms with Crippen LogP contribution in [0.15, 0.2) is 12.1 Å². The van der Waals surface area contributed by atoms with Crippen molar-refractivity contribution < 1.29 is 4.79 Å². The standard InChI is InChI=1S/C16H28N2OS/c1-11(8-14-7-6-12(2)20-14)18-15(19)13(10-17)9-16(3,4)5/h6-7,11,13H,8-10,17H2,1-5H3,(H,18,19). The quantitative estimate of drug-likeness (QED) is 0.847. The summed E-state index contributed by atoms with van der Waals surface area (Å²) in [6.45, 7) is 11.0. The highest BCUT2D eigenvalue weighted by molar-refractivity contribution is 7.11. The Bertz CT molecular complexity index is 434. The van der Waals surface area contributed by atoms with E-state index in [-0.39, 0.29) is 23.3 Å². The molecule has 2 unspecified atom stereocenters. The minimum atomic E-state index is -0.0949. The number of aryl methyl sites for hydroxylation is 1. The zero-order chi connectivity index (χ0) is 15.3. The molecule has 0 saturated carbocycles. The molecule has 1 amide bonds. The molecule has 0 aliphatic carbocycles. The fourth-order valence-corrected chi connectivity index (χ4v) is 3.35. The van der Waals surface area contributed by atoms with Gasteiger partial charge in [-0.2, -0.15) is 0 Å². The van der Waals surface area contributed by atoms with Crippen LogP contribution >= 0.6 is 11.3 Å². The molecule has 0 saturated heterocycles. The van der Waals surface area contributed by atoms with E-state index in [1.54, 1.807) is 11.3 Å². The minimum Gasteiger partial charge on any atom is -0.353 e. The summed E-state index contributed by atoms with van der Waals surface area (Å²) in [5.74, 6) is -0.00859. The molecule has 1 rings (SSSR count). The lowest BCUT2D eigenvalue weighted by atomic mass is 9.84. The number of thiophene rings is 1. The fraction of sp³-hybridized carbons (Fsp3) is 0.688. The summed E-state index contributed by atoms with van der Waals surface area (Å²) in [4.78, 5) is 14.9. The van der Waals surface area contributed by atoms with Crippen molar-refractivity contribution in [2.24, 2.45) is 17.1 Å². The van der Waals surface area contributed by atoms with Crippen molar-refractivity contribution in [3.05, 3.63) is 21.9 Å². The zero-order valence-corrected chi connectivity index (χ0v) is 14.1. The van der Waals surface area contributed by atoms with Gasteiger partial charge in [-0.3, -0.25) is 4.79 Å². The number of nitrogens with one attached hydrogen (secondary N) is 1. The molecule has 1 heterocycles. The first-order chi connectivity index (χ1) is 9.21. The maximum Gasteiger partial charge on any atom is 0.224 e. The van der Waals surface area contributed by atoms with Crippen LogP contribution in [0.1, 0.15) is 43.9 Å². The van der Waals surface area contributed by atoms with Crippen LogP contribution in [0.4, 0.5) is 0 Å². The van der Waals surface area contributed by atoms with Gasteiger partial charge in [0.2, 0.25) is 5.91 Å². The van der Waals surface area contributed by atoms with E-state index in [4.69, 9.17) is 5.73 Å². The number of hydrogen-bond donors (Lipinski definition) is 2. The summed E-state index contributed by atoms with van der Waals surface area (Å²) in [6.07, 6.45) is 1.71. The fourth-order valence-electron chi connectivity index (χ4n) is 2.33. The molecule has 3 nitrogen and oxygen atoms in total. The third-order valence-electron chi connectivity index (χ3n) is 3.21. The summed E-state index contributed by atoms with van der Waals surface area (Å²) in [5.41, 5.74) is 5.87. The van der Waals surface area contributed by atoms with Crippen LogP contribution < -0.4 is 11.1 Å². The highest BCUT2D eigenvalue weighted by atomic mass is 32.1. The average Bonchev–Trinajstić information content (AvgIpc) is 2.70. The summed E-state index contributed by atoms with van der Waals surface area (Å²) < 4.78 is 0. The first-order valence-corrected chi connectivity index (χ1v) is 8.08. The smallest absolute Gasteiger partial charge is 0.224 e. The van der Waals surface area contributed by atoms with Crippen molar-refractivity contribution in [2.45, 2.75) is 53.5 Å². The van der Waals surface area contributed by atoms with Crippen LogP contribution in [0, 0.1) is 18.3 Å². The van der Waals surface area contributed by atoms with E-state index in [1.165, 1.54) is 9.75 Å². The third kappa shape index (κ3) is 6.06. The van der Waals surface area contributed by atoms with Gasteiger partial charge in [0.05, 0.1) is 5.92 Å². The summed E-state index contributed by atoms with van der Waals surface area (Å²) in [5, 5.41) is 3.10. The Hall–Kier alpha value is -0.870. The molecule has 4 heteroatoms. The lowest BCUT2D eigenvalue weighted by Crippen LogP contribution is -2.42. The number of carbonyl (C=O) groups is 1. The Morgan fingerprint density at radius 3 is 2.50 bits per heavy atom. The molecule has 0 radical (unpaired) electrons. The van der Waals surface area contributed by atoms with Gasteiger partial charge < -0.3 is 11.1 Å². The molecule has 0 aromatic carbocycles. The number of rotatable bonds is 6. The van der Waals surface area contributed by atoms with Crippen LogP contribution in [-0.2, 0) is 11.2 Å². The lowest BCUT2D eigenvalue weighted by molar-refractivity contribution is -0.126. The molecule has 1 aromatic rings. The van der Waals surface area contributed by atoms with Gasteiger partial charge in [-0.05, 0) is 37.8 Å². The Morgan fingerprint density at radius 2 is 2.05 bits per heavy atom. The first-order valence-electron chi connectivity index (χ1n) is 7.27. The molecule has 0 aliphatic heterocycles. The van der Waals surface area contributed by atoms with Gasteiger partial charge in [-0.25, -0.2) is 0 Å². The highest BCUT2D eigenvalue weighted by Gasteiger charge is 2.24. The molecule has 1 aromatic heterocycles. The molecule has 0 bridgehead atoms. The van der Waals surface area contributed by atoms with Crippen molar-refractivity contribution >= 4 is 17.2 Å². The van der Waals surface area contributed by atoms with Gasteiger partial charge in [0.25, 0.3) is 0 Å². The molecule has 3 N–H and O–H groups in total. The molecular weight excluding hydrogens is 268 g/mol. The van der Waals surface area contributed by atoms with Crippen LogP contribution in [0.25, 0.3) is 0 Å². The number of nitrogens with two attached hydrogens (primary N) is 1. The maximum atomic E-state index is 12.3. The molecule has 114 valence electrons. The molecule has 0 fully saturated rings. The Morgan fingerprint density at radius 1 is 1.40 bits per heavy atom. The van der Waals surface area contributed by atoms with E-state index in [2.05, 4.69) is 52.1 Å². The minimum absolute atomic E-state index is 0.0863. The second-order valence-corrected chi connectivity index (χ2v) is 8.20. The second-order valence-electron chi connectivity index (χ2n) is 6.82. The number of amides is 1. The predicted octanol–water partition coefficient (Wildman–Crippen LogP) is 3.11. The van der Waals surface area contributed by atoms with Crippen LogP contribution in [0.2, 0.25) is 0 Å². The zero-order valence-electron chi connectivity index (χ0n) is 13.3. The summed E-state index contributed by atoms with van der Waals surface area (Å²) in [7, 11) is 0. The third-order valence-corrected chi connectivity index (χ3v) is 4.23. The SMILES string of the molecule is Cc1ccc(CC(C)NC(=O)C(CN)CC(C)(C)C)s1. The molecule has 0 spiro atoms. The predicted molar refractivity (Wildman–Crippen MR) is 87.0 cm³/mol. The topological polar surface area (TPSA) is 55.1 Å². The second kappa shape index (κ2) is 7.23. The van der Waals surface area contributed by atoms with Crippen molar-refractivity contribution in [3.63, 3.8) is 0 Å². The largest absolute Gasteiger partial charge is 0.353 e. The van der Waals surface area contributed by atoms with Crippen molar-refractivity contribution in [2.75, 3.05) is 6.54 Å². The van der Waals surface area contributed by atoms with Gasteiger partial charge in [0, 0.05) is 28.8 Å². The van der Waals surface area contributed by atoms with E-state index in [1.807, 2.05) is 0 Å². The van der Waals surface area contributed by atoms with Crippen molar-refractivity contribution in [3.8, 4) is 0 Å². The summed E-state index contributed by atoms with van der Waals surface area (Å²) in [6, 6.07) is 4.41. The van der Waals surface area contributed by atoms with Crippen LogP contribution in [0.5, 0.6) is 0 Å². The summed E-state index contributed by atoms with van der Waals surface area (Å²) >= 11 is 1.79. The van der Waals surface area contributed by atoms with Crippen molar-refractivity contribution in [1.29, 1.82) is 0 Å². The number of carbonyl (C=O) groups excluding carboxylic acids is 1. The normalized spacial score (nSPS) is 14.9. The van der Waals surface area contributed by atoms with Gasteiger partial charge in [0.1, 0.15) is 0 Å². The Kier molecular flexibility index (Phi) is 6.21. The van der Waals surface area contributed by atoms with E-state index >= 15 is 0 Å². The van der Waals surface area contributed by atoms with Gasteiger partial charge in [0.15, 0.2) is 0 Å². The number of hydrogen-bond acceptors (Lipinski definition) is 3. The van der Waals surface area contributed by atoms with E-state index < -0.39 is 0 Å². The van der Waals surface area contributed by atoms with Crippen LogP contribution in [-0.4, -0.2) is 18.5 Å².